The van der Waals surface area contributed by atoms with Crippen LogP contribution < -0.4 is 32.0 Å². The molecule has 0 amide bonds. The summed E-state index contributed by atoms with van der Waals surface area (Å²) < 4.78 is 84.5. The lowest BCUT2D eigenvalue weighted by Crippen LogP contribution is -2.33. The number of aromatic nitrogens is 2. The number of allylic oxidation sites excluding steroid dienone is 3. The number of benzene rings is 5. The molecule has 14 heteroatoms. The van der Waals surface area contributed by atoms with Gasteiger partial charge in [-0.05, 0) is 80.3 Å². The first kappa shape index (κ1) is 43.5. The summed E-state index contributed by atoms with van der Waals surface area (Å²) >= 11 is 0. The molecule has 0 unspecified atom stereocenters. The van der Waals surface area contributed by atoms with Gasteiger partial charge in [0.05, 0.1) is 28.2 Å². The molecule has 8 nitrogen and oxygen atoms in total. The molecule has 1 aliphatic rings. The van der Waals surface area contributed by atoms with E-state index < -0.39 is 23.5 Å². The van der Waals surface area contributed by atoms with Gasteiger partial charge >= 0.3 is 12.4 Å². The van der Waals surface area contributed by atoms with Crippen molar-refractivity contribution >= 4 is 61.9 Å². The van der Waals surface area contributed by atoms with Gasteiger partial charge in [0, 0.05) is 72.2 Å². The number of rotatable bonds is 15. The number of para-hydroxylation sites is 2. The number of anilines is 5. The lowest BCUT2D eigenvalue weighted by atomic mass is 10.0. The van der Waals surface area contributed by atoms with Crippen molar-refractivity contribution in [3.8, 4) is 5.69 Å². The lowest BCUT2D eigenvalue weighted by molar-refractivity contribution is -0.538. The van der Waals surface area contributed by atoms with Crippen molar-refractivity contribution < 1.29 is 30.9 Å². The third kappa shape index (κ3) is 10.3. The number of unbranched alkanes of at least 4 members (excludes halogenated alkanes) is 5. The summed E-state index contributed by atoms with van der Waals surface area (Å²) in [7, 11) is 0. The number of hydrogen-bond donors (Lipinski definition) is 5. The van der Waals surface area contributed by atoms with Crippen LogP contribution in [0, 0.1) is 6.92 Å². The molecule has 322 valence electrons. The zero-order valence-electron chi connectivity index (χ0n) is 34.5. The Morgan fingerprint density at radius 1 is 0.661 bits per heavy atom. The van der Waals surface area contributed by atoms with Crippen molar-refractivity contribution in [3.05, 3.63) is 137 Å². The van der Waals surface area contributed by atoms with Crippen LogP contribution >= 0.6 is 0 Å². The Morgan fingerprint density at radius 2 is 1.24 bits per heavy atom. The Balaban J connectivity index is 0.893. The van der Waals surface area contributed by atoms with E-state index in [0.29, 0.717) is 34.5 Å². The fourth-order valence-corrected chi connectivity index (χ4v) is 7.68. The van der Waals surface area contributed by atoms with Gasteiger partial charge in [-0.2, -0.15) is 26.3 Å². The Labute approximate surface area is 356 Å². The number of nitrogen functional groups attached to an aromatic ring is 2. The fraction of sp³-hybridized carbons (Fsp3) is 0.271. The van der Waals surface area contributed by atoms with Gasteiger partial charge in [-0.1, -0.05) is 68.2 Å². The summed E-state index contributed by atoms with van der Waals surface area (Å²) in [5.74, 6) is 0. The van der Waals surface area contributed by atoms with Gasteiger partial charge < -0.3 is 27.4 Å². The Bertz CT molecular complexity index is 2650. The zero-order valence-corrected chi connectivity index (χ0v) is 34.5. The summed E-state index contributed by atoms with van der Waals surface area (Å²) in [6.45, 7) is 5.48. The van der Waals surface area contributed by atoms with Gasteiger partial charge in [-0.3, -0.25) is 4.99 Å². The van der Waals surface area contributed by atoms with Gasteiger partial charge in [0.1, 0.15) is 11.0 Å². The Morgan fingerprint density at radius 3 is 1.90 bits per heavy atom. The van der Waals surface area contributed by atoms with Crippen molar-refractivity contribution in [3.63, 3.8) is 0 Å². The second-order valence-electron chi connectivity index (χ2n) is 15.5. The molecule has 0 spiro atoms. The maximum atomic E-state index is 13.8. The van der Waals surface area contributed by atoms with Gasteiger partial charge in [0.2, 0.25) is 16.7 Å². The van der Waals surface area contributed by atoms with E-state index in [2.05, 4.69) is 25.9 Å². The zero-order chi connectivity index (χ0) is 44.0. The molecular formula is C48H49F6N8+. The van der Waals surface area contributed by atoms with Crippen molar-refractivity contribution in [2.24, 2.45) is 4.99 Å². The van der Waals surface area contributed by atoms with Crippen LogP contribution in [0.1, 0.15) is 68.6 Å². The first-order chi connectivity index (χ1) is 29.7. The number of aryl methyl sites for hydroxylation is 1. The predicted octanol–water partition coefficient (Wildman–Crippen LogP) is 12.3. The minimum Gasteiger partial charge on any atom is -0.398 e. The molecular weight excluding hydrogens is 803 g/mol. The smallest absolute Gasteiger partial charge is 0.398 e. The summed E-state index contributed by atoms with van der Waals surface area (Å²) in [5.41, 5.74) is 17.7. The summed E-state index contributed by atoms with van der Waals surface area (Å²) in [5, 5.41) is 10.2. The molecule has 0 aliphatic heterocycles. The van der Waals surface area contributed by atoms with E-state index in [4.69, 9.17) is 11.5 Å². The molecule has 0 radical (unpaired) electrons. The summed E-state index contributed by atoms with van der Waals surface area (Å²) in [6, 6.07) is 27.2. The number of halogens is 6. The monoisotopic (exact) mass is 851 g/mol. The average Bonchev–Trinajstić information content (AvgIpc) is 3.22. The molecule has 6 aromatic rings. The van der Waals surface area contributed by atoms with Crippen LogP contribution in [0.3, 0.4) is 0 Å². The standard InChI is InChI=1S/C48H48F6N8/c1-30-23-33(60-41-25-35(47(49,50)51)37(55)27-42(41)59-32-15-9-7-10-16-32)19-20-39(30)57-21-13-5-3-4-6-14-22-58-40-29-46-43(24-31(40)2)61-44-26-36(48(52,53)54)38(56)28-45(44)62(46)34-17-11-8-12-18-34/h7-12,15-18,20,23-29,57,59H,3-6,13-14,19,21-22,55H2,1-2H3,(H2,56,58)/p+1. The maximum absolute atomic E-state index is 13.8. The highest BCUT2D eigenvalue weighted by atomic mass is 19.4. The molecule has 1 aliphatic carbocycles. The number of alkyl halides is 6. The van der Waals surface area contributed by atoms with Crippen molar-refractivity contribution in [1.82, 2.24) is 10.3 Å². The van der Waals surface area contributed by atoms with E-state index in [0.717, 1.165) is 97.5 Å². The van der Waals surface area contributed by atoms with E-state index in [9.17, 15) is 26.3 Å². The summed E-state index contributed by atoms with van der Waals surface area (Å²) in [4.78, 5) is 9.29. The molecule has 5 aromatic carbocycles. The predicted molar refractivity (Wildman–Crippen MR) is 238 cm³/mol. The van der Waals surface area contributed by atoms with Crippen molar-refractivity contribution in [2.45, 2.75) is 71.1 Å². The van der Waals surface area contributed by atoms with Gasteiger partial charge in [0.25, 0.3) is 0 Å². The number of nitrogens with one attached hydrogen (secondary N) is 3. The summed E-state index contributed by atoms with van der Waals surface area (Å²) in [6.07, 6.45) is 1.45. The molecule has 7 N–H and O–H groups in total. The molecule has 62 heavy (non-hydrogen) atoms. The Hall–Kier alpha value is -6.57. The minimum atomic E-state index is -4.61. The Kier molecular flexibility index (Phi) is 13.0. The van der Waals surface area contributed by atoms with Crippen LogP contribution in [0.2, 0.25) is 0 Å². The molecule has 0 saturated carbocycles. The molecule has 1 aromatic heterocycles. The normalized spacial score (nSPS) is 14.0. The number of hydrogen-bond acceptors (Lipinski definition) is 7. The molecule has 7 rings (SSSR count). The van der Waals surface area contributed by atoms with Crippen LogP contribution in [0.4, 0.5) is 60.5 Å². The van der Waals surface area contributed by atoms with Crippen LogP contribution in [0.5, 0.6) is 0 Å². The van der Waals surface area contributed by atoms with E-state index >= 15 is 0 Å². The van der Waals surface area contributed by atoms with E-state index in [-0.39, 0.29) is 22.6 Å². The van der Waals surface area contributed by atoms with Crippen molar-refractivity contribution in [2.75, 3.05) is 35.2 Å². The quantitative estimate of drug-likeness (QED) is 0.0231. The SMILES string of the molecule is CC1=CC(=Nc2cc(C(F)(F)F)c(N)cc2Nc2ccccc2)CC=C1NCCCCCCCCNc1cc2c(cc1C)nc1cc(C(F)(F)F)c(N)cc1[n+]2-c1ccccc1. The molecule has 0 atom stereocenters. The van der Waals surface area contributed by atoms with Crippen molar-refractivity contribution in [1.29, 1.82) is 0 Å². The van der Waals surface area contributed by atoms with Gasteiger partial charge in [0.15, 0.2) is 0 Å². The second kappa shape index (κ2) is 18.6. The minimum absolute atomic E-state index is 0.157. The van der Waals surface area contributed by atoms with Crippen LogP contribution in [-0.4, -0.2) is 23.8 Å². The topological polar surface area (TPSA) is 117 Å². The first-order valence-corrected chi connectivity index (χ1v) is 20.6. The third-order valence-corrected chi connectivity index (χ3v) is 10.9. The molecule has 1 heterocycles. The molecule has 0 saturated heterocycles. The highest BCUT2D eigenvalue weighted by molar-refractivity contribution is 6.01. The first-order valence-electron chi connectivity index (χ1n) is 20.6. The fourth-order valence-electron chi connectivity index (χ4n) is 7.68. The van der Waals surface area contributed by atoms with Crippen LogP contribution in [-0.2, 0) is 12.4 Å². The molecule has 0 fully saturated rings. The van der Waals surface area contributed by atoms with E-state index in [1.807, 2.05) is 103 Å². The number of nitrogens with zero attached hydrogens (tertiary/aromatic N) is 3. The van der Waals surface area contributed by atoms with Crippen LogP contribution in [0.25, 0.3) is 27.8 Å². The largest absolute Gasteiger partial charge is 0.418 e. The van der Waals surface area contributed by atoms with E-state index in [1.165, 1.54) is 12.1 Å². The van der Waals surface area contributed by atoms with Crippen LogP contribution in [0.15, 0.2) is 125 Å². The second-order valence-corrected chi connectivity index (χ2v) is 15.5. The highest BCUT2D eigenvalue weighted by Gasteiger charge is 2.36. The lowest BCUT2D eigenvalue weighted by Gasteiger charge is -2.18. The number of nitrogens with two attached hydrogens (primary N) is 2. The number of fused-ring (bicyclic) bond motifs is 2. The van der Waals surface area contributed by atoms with Gasteiger partial charge in [-0.15, -0.1) is 4.57 Å². The van der Waals surface area contributed by atoms with Gasteiger partial charge in [-0.25, -0.2) is 4.98 Å². The maximum Gasteiger partial charge on any atom is 0.418 e. The molecule has 0 bridgehead atoms. The highest BCUT2D eigenvalue weighted by Crippen LogP contribution is 2.41. The third-order valence-electron chi connectivity index (χ3n) is 10.9. The van der Waals surface area contributed by atoms with E-state index in [1.54, 1.807) is 0 Å². The average molecular weight is 852 g/mol. The number of aliphatic imine (C=N–C) groups is 1.